The molecule has 0 bridgehead atoms. The fraction of sp³-hybridized carbons (Fsp3) is 0. The predicted molar refractivity (Wildman–Crippen MR) is 43.5 cm³/mol. The van der Waals surface area contributed by atoms with Crippen molar-refractivity contribution < 1.29 is 12.3 Å². The van der Waals surface area contributed by atoms with Crippen molar-refractivity contribution >= 4 is 22.7 Å². The Balaban J connectivity index is 3.08. The molecule has 1 aromatic carbocycles. The van der Waals surface area contributed by atoms with E-state index in [9.17, 15) is 9.90 Å². The molecule has 0 amide bonds. The molecule has 0 saturated carbocycles. The van der Waals surface area contributed by atoms with Gasteiger partial charge in [0.05, 0.1) is 13.3 Å². The van der Waals surface area contributed by atoms with Crippen LogP contribution in [0.25, 0.3) is 11.1 Å². The molecule has 0 spiro atoms. The first kappa shape index (κ1) is 5.27. The maximum absolute atomic E-state index is 10.8. The molecular weight excluding hydrogens is 182 g/mol. The van der Waals surface area contributed by atoms with Crippen molar-refractivity contribution in [1.29, 1.82) is 0 Å². The van der Waals surface area contributed by atoms with Gasteiger partial charge in [0.15, 0.2) is 5.58 Å². The van der Waals surface area contributed by atoms with Crippen molar-refractivity contribution in [2.45, 2.75) is 0 Å². The van der Waals surface area contributed by atoms with Crippen molar-refractivity contribution in [1.82, 2.24) is 4.98 Å². The Morgan fingerprint density at radius 1 is 1.67 bits per heavy atom. The van der Waals surface area contributed by atoms with Crippen LogP contribution >= 0.6 is 11.6 Å². The van der Waals surface area contributed by atoms with Gasteiger partial charge in [0, 0.05) is 6.04 Å². The van der Waals surface area contributed by atoms with Crippen LogP contribution in [0.15, 0.2) is 21.3 Å². The third-order valence-electron chi connectivity index (χ3n) is 1.32. The highest BCUT2D eigenvalue weighted by Crippen LogP contribution is 2.26. The first-order valence-corrected chi connectivity index (χ1v) is 3.40. The lowest BCUT2D eigenvalue weighted by atomic mass is 10.3. The lowest BCUT2D eigenvalue weighted by Crippen LogP contribution is -1.92. The summed E-state index contributed by atoms with van der Waals surface area (Å²) in [5.41, 5.74) is -0.148. The predicted octanol–water partition coefficient (Wildman–Crippen LogP) is 1.48. The van der Waals surface area contributed by atoms with Crippen molar-refractivity contribution in [2.75, 3.05) is 0 Å². The molecule has 0 atom stereocenters. The zero-order chi connectivity index (χ0) is 10.5. The SMILES string of the molecule is [2H]c1c(Cl)c(O)c([2H])c2oc(=O)[nH]c12. The van der Waals surface area contributed by atoms with Crippen molar-refractivity contribution in [2.24, 2.45) is 0 Å². The lowest BCUT2D eigenvalue weighted by molar-refractivity contribution is 0.474. The third kappa shape index (κ3) is 0.967. The summed E-state index contributed by atoms with van der Waals surface area (Å²) in [5, 5.41) is 9.00. The maximum atomic E-state index is 10.8. The van der Waals surface area contributed by atoms with Crippen LogP contribution < -0.4 is 5.76 Å². The van der Waals surface area contributed by atoms with Crippen LogP contribution in [0, 0.1) is 0 Å². The van der Waals surface area contributed by atoms with Crippen LogP contribution in [0.5, 0.6) is 5.75 Å². The molecular formula is C7H4ClNO3. The first-order chi connectivity index (χ1) is 6.52. The maximum Gasteiger partial charge on any atom is 0.417 e. The summed E-state index contributed by atoms with van der Waals surface area (Å²) in [6, 6.07) is -0.666. The molecule has 0 saturated heterocycles. The Morgan fingerprint density at radius 3 is 3.17 bits per heavy atom. The van der Waals surface area contributed by atoms with Gasteiger partial charge in [-0.15, -0.1) is 0 Å². The quantitative estimate of drug-likeness (QED) is 0.657. The number of fused-ring (bicyclic) bond motifs is 1. The summed E-state index contributed by atoms with van der Waals surface area (Å²) in [7, 11) is 0. The molecule has 62 valence electrons. The van der Waals surface area contributed by atoms with Gasteiger partial charge in [0.2, 0.25) is 0 Å². The van der Waals surface area contributed by atoms with Gasteiger partial charge < -0.3 is 9.52 Å². The van der Waals surface area contributed by atoms with E-state index in [1.165, 1.54) is 0 Å². The minimum absolute atomic E-state index is 0.0165. The lowest BCUT2D eigenvalue weighted by Gasteiger charge is -1.93. The number of nitrogens with one attached hydrogen (secondary N) is 1. The van der Waals surface area contributed by atoms with Crippen molar-refractivity contribution in [3.05, 3.63) is 27.7 Å². The van der Waals surface area contributed by atoms with Gasteiger partial charge in [0.1, 0.15) is 5.75 Å². The van der Waals surface area contributed by atoms with Gasteiger partial charge in [-0.3, -0.25) is 4.98 Å². The fourth-order valence-electron chi connectivity index (χ4n) is 0.835. The molecule has 4 nitrogen and oxygen atoms in total. The summed E-state index contributed by atoms with van der Waals surface area (Å²) in [4.78, 5) is 13.0. The summed E-state index contributed by atoms with van der Waals surface area (Å²) in [6.45, 7) is 0. The second-order valence-corrected chi connectivity index (χ2v) is 2.51. The molecule has 0 aliphatic rings. The zero-order valence-electron chi connectivity index (χ0n) is 7.64. The van der Waals surface area contributed by atoms with Gasteiger partial charge in [0.25, 0.3) is 0 Å². The minimum atomic E-state index is -0.788. The molecule has 5 heteroatoms. The van der Waals surface area contributed by atoms with Crippen LogP contribution in [0.1, 0.15) is 2.74 Å². The van der Waals surface area contributed by atoms with Gasteiger partial charge in [-0.05, 0) is 6.04 Å². The van der Waals surface area contributed by atoms with Crippen molar-refractivity contribution in [3.8, 4) is 5.75 Å². The highest BCUT2D eigenvalue weighted by Gasteiger charge is 2.05. The number of hydrogen-bond donors (Lipinski definition) is 2. The molecule has 12 heavy (non-hydrogen) atoms. The molecule has 0 aliphatic heterocycles. The summed E-state index contributed by atoms with van der Waals surface area (Å²) >= 11 is 5.55. The number of phenolic OH excluding ortho intramolecular Hbond substituents is 1. The van der Waals surface area contributed by atoms with Gasteiger partial charge in [-0.1, -0.05) is 11.6 Å². The zero-order valence-corrected chi connectivity index (χ0v) is 6.40. The molecule has 0 fully saturated rings. The van der Waals surface area contributed by atoms with Crippen molar-refractivity contribution in [3.63, 3.8) is 0 Å². The average molecular weight is 188 g/mol. The number of phenols is 1. The number of rotatable bonds is 0. The van der Waals surface area contributed by atoms with Crippen LogP contribution in [-0.2, 0) is 0 Å². The normalized spacial score (nSPS) is 13.1. The van der Waals surface area contributed by atoms with E-state index in [2.05, 4.69) is 9.40 Å². The van der Waals surface area contributed by atoms with E-state index in [0.717, 1.165) is 0 Å². The molecule has 2 rings (SSSR count). The minimum Gasteiger partial charge on any atom is -0.506 e. The third-order valence-corrected chi connectivity index (χ3v) is 1.60. The highest BCUT2D eigenvalue weighted by molar-refractivity contribution is 6.32. The Bertz CT molecular complexity index is 526. The Labute approximate surface area is 74.2 Å². The van der Waals surface area contributed by atoms with Gasteiger partial charge >= 0.3 is 5.76 Å². The van der Waals surface area contributed by atoms with E-state index in [0.29, 0.717) is 0 Å². The highest BCUT2D eigenvalue weighted by atomic mass is 35.5. The average Bonchev–Trinajstić information content (AvgIpc) is 2.54. The number of hydrogen-bond acceptors (Lipinski definition) is 3. The van der Waals surface area contributed by atoms with E-state index in [1.807, 2.05) is 0 Å². The van der Waals surface area contributed by atoms with Crippen LogP contribution in [-0.4, -0.2) is 10.1 Å². The summed E-state index contributed by atoms with van der Waals surface area (Å²) in [6.07, 6.45) is 0. The summed E-state index contributed by atoms with van der Waals surface area (Å²) in [5.74, 6) is -1.35. The Hall–Kier alpha value is -1.42. The van der Waals surface area contributed by atoms with Gasteiger partial charge in [-0.25, -0.2) is 4.79 Å². The number of benzene rings is 1. The van der Waals surface area contributed by atoms with E-state index < -0.39 is 17.5 Å². The molecule has 1 heterocycles. The molecule has 0 radical (unpaired) electrons. The van der Waals surface area contributed by atoms with Gasteiger partial charge in [-0.2, -0.15) is 0 Å². The van der Waals surface area contributed by atoms with Crippen LogP contribution in [0.4, 0.5) is 0 Å². The number of aromatic amines is 1. The van der Waals surface area contributed by atoms with E-state index >= 15 is 0 Å². The molecule has 2 aromatic rings. The monoisotopic (exact) mass is 187 g/mol. The molecule has 0 aliphatic carbocycles. The second kappa shape index (κ2) is 2.28. The number of halogens is 1. The fourth-order valence-corrected chi connectivity index (χ4v) is 0.977. The van der Waals surface area contributed by atoms with Crippen LogP contribution in [0.3, 0.4) is 0 Å². The van der Waals surface area contributed by atoms with E-state index in [1.54, 1.807) is 0 Å². The van der Waals surface area contributed by atoms with Crippen LogP contribution in [0.2, 0.25) is 5.02 Å². The number of H-pyrrole nitrogens is 1. The number of aromatic hydroxyl groups is 1. The molecule has 0 unspecified atom stereocenters. The Kier molecular flexibility index (Phi) is 1.00. The second-order valence-electron chi connectivity index (χ2n) is 2.13. The Morgan fingerprint density at radius 2 is 2.42 bits per heavy atom. The molecule has 2 N–H and O–H groups in total. The van der Waals surface area contributed by atoms with E-state index in [-0.39, 0.29) is 22.2 Å². The van der Waals surface area contributed by atoms with E-state index in [4.69, 9.17) is 14.3 Å². The standard InChI is InChI=1S/C7H4ClNO3/c8-3-1-4-6(2-5(3)10)12-7(11)9-4/h1-2,10H,(H,9,11)/i1D,2D. The summed E-state index contributed by atoms with van der Waals surface area (Å²) < 4.78 is 19.4. The molecule has 1 aromatic heterocycles. The first-order valence-electron chi connectivity index (χ1n) is 4.02. The number of oxazole rings is 1. The topological polar surface area (TPSA) is 66.2 Å². The largest absolute Gasteiger partial charge is 0.506 e. The number of aromatic nitrogens is 1. The smallest absolute Gasteiger partial charge is 0.417 e.